The SMILES string of the molecule is CC(C)(C)c1ccc(O[C@@H]2CCN(C(=O)OCc3ccccc3)C[C@H]2O)cc1. The van der Waals surface area contributed by atoms with Crippen LogP contribution in [0.1, 0.15) is 38.3 Å². The molecule has 1 aliphatic rings. The summed E-state index contributed by atoms with van der Waals surface area (Å²) in [5.74, 6) is 0.733. The first-order valence-corrected chi connectivity index (χ1v) is 9.74. The minimum Gasteiger partial charge on any atom is -0.488 e. The molecule has 5 heteroatoms. The Balaban J connectivity index is 1.50. The number of carbonyl (C=O) groups excluding carboxylic acids is 1. The highest BCUT2D eigenvalue weighted by atomic mass is 16.6. The summed E-state index contributed by atoms with van der Waals surface area (Å²) in [4.78, 5) is 13.8. The van der Waals surface area contributed by atoms with Crippen LogP contribution in [0.2, 0.25) is 0 Å². The Bertz CT molecular complexity index is 767. The van der Waals surface area contributed by atoms with Gasteiger partial charge in [-0.1, -0.05) is 63.2 Å². The minimum atomic E-state index is -0.750. The van der Waals surface area contributed by atoms with E-state index in [0.29, 0.717) is 13.0 Å². The molecule has 1 fully saturated rings. The number of rotatable bonds is 4. The third-order valence-corrected chi connectivity index (χ3v) is 4.99. The molecule has 0 bridgehead atoms. The summed E-state index contributed by atoms with van der Waals surface area (Å²) in [6.07, 6.45) is -0.933. The van der Waals surface area contributed by atoms with Crippen molar-refractivity contribution in [3.63, 3.8) is 0 Å². The molecule has 2 atom stereocenters. The number of hydrogen-bond acceptors (Lipinski definition) is 4. The lowest BCUT2D eigenvalue weighted by Gasteiger charge is -2.35. The summed E-state index contributed by atoms with van der Waals surface area (Å²) < 4.78 is 11.3. The van der Waals surface area contributed by atoms with Crippen LogP contribution in [0.4, 0.5) is 4.79 Å². The van der Waals surface area contributed by atoms with Crippen LogP contribution >= 0.6 is 0 Å². The number of amides is 1. The van der Waals surface area contributed by atoms with Gasteiger partial charge in [-0.3, -0.25) is 0 Å². The summed E-state index contributed by atoms with van der Waals surface area (Å²) in [5.41, 5.74) is 2.26. The minimum absolute atomic E-state index is 0.0868. The number of benzene rings is 2. The second kappa shape index (κ2) is 8.65. The third kappa shape index (κ3) is 5.26. The van der Waals surface area contributed by atoms with Crippen molar-refractivity contribution in [2.45, 2.75) is 51.4 Å². The monoisotopic (exact) mass is 383 g/mol. The average Bonchev–Trinajstić information content (AvgIpc) is 2.68. The van der Waals surface area contributed by atoms with Crippen LogP contribution < -0.4 is 4.74 Å². The Kier molecular flexibility index (Phi) is 6.25. The van der Waals surface area contributed by atoms with Crippen molar-refractivity contribution in [1.29, 1.82) is 0 Å². The molecule has 3 rings (SSSR count). The van der Waals surface area contributed by atoms with Crippen LogP contribution in [0.5, 0.6) is 5.75 Å². The molecular formula is C23H29NO4. The highest BCUT2D eigenvalue weighted by molar-refractivity contribution is 5.67. The molecule has 0 saturated carbocycles. The first-order valence-electron chi connectivity index (χ1n) is 9.74. The first kappa shape index (κ1) is 20.2. The molecule has 2 aromatic carbocycles. The van der Waals surface area contributed by atoms with Crippen molar-refractivity contribution in [2.24, 2.45) is 0 Å². The fraction of sp³-hybridized carbons (Fsp3) is 0.435. The van der Waals surface area contributed by atoms with Crippen molar-refractivity contribution in [1.82, 2.24) is 4.90 Å². The average molecular weight is 383 g/mol. The van der Waals surface area contributed by atoms with E-state index in [4.69, 9.17) is 9.47 Å². The standard InChI is InChI=1S/C23H29NO4/c1-23(2,3)18-9-11-19(12-10-18)28-21-13-14-24(15-20(21)25)22(26)27-16-17-7-5-4-6-8-17/h4-12,20-21,25H,13-16H2,1-3H3/t20-,21-/m1/s1. The lowest BCUT2D eigenvalue weighted by molar-refractivity contribution is -0.0252. The van der Waals surface area contributed by atoms with E-state index in [1.807, 2.05) is 42.5 Å². The van der Waals surface area contributed by atoms with E-state index in [1.54, 1.807) is 0 Å². The van der Waals surface area contributed by atoms with Crippen LogP contribution in [0.15, 0.2) is 54.6 Å². The van der Waals surface area contributed by atoms with Gasteiger partial charge >= 0.3 is 6.09 Å². The van der Waals surface area contributed by atoms with Crippen LogP contribution in [0, 0.1) is 0 Å². The molecule has 0 unspecified atom stereocenters. The summed E-state index contributed by atoms with van der Waals surface area (Å²) in [6, 6.07) is 17.5. The fourth-order valence-corrected chi connectivity index (χ4v) is 3.23. The number of β-amino-alcohol motifs (C(OH)–C–C–N with tert-alkyl or cyclic N) is 1. The van der Waals surface area contributed by atoms with Gasteiger partial charge in [0, 0.05) is 13.0 Å². The summed E-state index contributed by atoms with van der Waals surface area (Å²) >= 11 is 0. The van der Waals surface area contributed by atoms with Crippen LogP contribution in [0.25, 0.3) is 0 Å². The molecular weight excluding hydrogens is 354 g/mol. The predicted molar refractivity (Wildman–Crippen MR) is 108 cm³/mol. The maximum absolute atomic E-state index is 12.3. The first-order chi connectivity index (χ1) is 13.3. The van der Waals surface area contributed by atoms with Crippen molar-refractivity contribution in [3.8, 4) is 5.75 Å². The van der Waals surface area contributed by atoms with Crippen LogP contribution in [-0.2, 0) is 16.8 Å². The number of likely N-dealkylation sites (tertiary alicyclic amines) is 1. The van der Waals surface area contributed by atoms with Gasteiger partial charge in [0.25, 0.3) is 0 Å². The topological polar surface area (TPSA) is 59.0 Å². The van der Waals surface area contributed by atoms with E-state index in [9.17, 15) is 9.90 Å². The molecule has 1 heterocycles. The van der Waals surface area contributed by atoms with Crippen molar-refractivity contribution in [3.05, 3.63) is 65.7 Å². The molecule has 0 spiro atoms. The normalized spacial score (nSPS) is 19.9. The predicted octanol–water partition coefficient (Wildman–Crippen LogP) is 4.13. The zero-order valence-electron chi connectivity index (χ0n) is 16.8. The molecule has 1 amide bonds. The Morgan fingerprint density at radius 2 is 1.79 bits per heavy atom. The number of ether oxygens (including phenoxy) is 2. The number of aliphatic hydroxyl groups is 1. The lowest BCUT2D eigenvalue weighted by Crippen LogP contribution is -2.51. The highest BCUT2D eigenvalue weighted by Crippen LogP contribution is 2.26. The molecule has 1 N–H and O–H groups in total. The zero-order chi connectivity index (χ0) is 20.1. The van der Waals surface area contributed by atoms with E-state index in [1.165, 1.54) is 10.5 Å². The molecule has 1 aliphatic heterocycles. The summed E-state index contributed by atoms with van der Waals surface area (Å²) in [7, 11) is 0. The Hall–Kier alpha value is -2.53. The molecule has 1 saturated heterocycles. The fourth-order valence-electron chi connectivity index (χ4n) is 3.23. The van der Waals surface area contributed by atoms with Crippen molar-refractivity contribution in [2.75, 3.05) is 13.1 Å². The van der Waals surface area contributed by atoms with Gasteiger partial charge in [-0.15, -0.1) is 0 Å². The second-order valence-corrected chi connectivity index (χ2v) is 8.27. The van der Waals surface area contributed by atoms with Crippen LogP contribution in [0.3, 0.4) is 0 Å². The molecule has 28 heavy (non-hydrogen) atoms. The maximum atomic E-state index is 12.3. The highest BCUT2D eigenvalue weighted by Gasteiger charge is 2.32. The van der Waals surface area contributed by atoms with Gasteiger partial charge in [-0.2, -0.15) is 0 Å². The third-order valence-electron chi connectivity index (χ3n) is 4.99. The molecule has 2 aromatic rings. The van der Waals surface area contributed by atoms with Crippen molar-refractivity contribution < 1.29 is 19.4 Å². The maximum Gasteiger partial charge on any atom is 0.410 e. The zero-order valence-corrected chi connectivity index (χ0v) is 16.8. The quantitative estimate of drug-likeness (QED) is 0.862. The van der Waals surface area contributed by atoms with E-state index < -0.39 is 12.2 Å². The molecule has 150 valence electrons. The van der Waals surface area contributed by atoms with Gasteiger partial charge in [0.05, 0.1) is 6.54 Å². The summed E-state index contributed by atoms with van der Waals surface area (Å²) in [5, 5.41) is 10.4. The molecule has 5 nitrogen and oxygen atoms in total. The van der Waals surface area contributed by atoms with Gasteiger partial charge in [-0.05, 0) is 28.7 Å². The lowest BCUT2D eigenvalue weighted by atomic mass is 9.87. The number of carbonyl (C=O) groups is 1. The van der Waals surface area contributed by atoms with Crippen molar-refractivity contribution >= 4 is 6.09 Å². The van der Waals surface area contributed by atoms with Gasteiger partial charge in [0.1, 0.15) is 24.6 Å². The number of hydrogen-bond donors (Lipinski definition) is 1. The number of nitrogens with zero attached hydrogens (tertiary/aromatic N) is 1. The van der Waals surface area contributed by atoms with Gasteiger partial charge < -0.3 is 19.5 Å². The van der Waals surface area contributed by atoms with Gasteiger partial charge in [0.15, 0.2) is 0 Å². The second-order valence-electron chi connectivity index (χ2n) is 8.27. The number of aliphatic hydroxyl groups excluding tert-OH is 1. The van der Waals surface area contributed by atoms with Crippen LogP contribution in [-0.4, -0.2) is 41.4 Å². The van der Waals surface area contributed by atoms with E-state index in [0.717, 1.165) is 11.3 Å². The Morgan fingerprint density at radius 3 is 2.39 bits per heavy atom. The van der Waals surface area contributed by atoms with E-state index in [-0.39, 0.29) is 24.7 Å². The Labute approximate surface area is 166 Å². The molecule has 0 aliphatic carbocycles. The smallest absolute Gasteiger partial charge is 0.410 e. The largest absolute Gasteiger partial charge is 0.488 e. The Morgan fingerprint density at radius 1 is 1.11 bits per heavy atom. The van der Waals surface area contributed by atoms with Gasteiger partial charge in [0.2, 0.25) is 0 Å². The molecule has 0 aromatic heterocycles. The van der Waals surface area contributed by atoms with E-state index >= 15 is 0 Å². The van der Waals surface area contributed by atoms with E-state index in [2.05, 4.69) is 32.9 Å². The van der Waals surface area contributed by atoms with Gasteiger partial charge in [-0.25, -0.2) is 4.79 Å². The molecule has 0 radical (unpaired) electrons. The summed E-state index contributed by atoms with van der Waals surface area (Å²) in [6.45, 7) is 7.43. The number of piperidine rings is 1.